The summed E-state index contributed by atoms with van der Waals surface area (Å²) in [5.41, 5.74) is 3.40. The molecule has 1 aromatic heterocycles. The maximum atomic E-state index is 13.1. The first-order chi connectivity index (χ1) is 13.8. The third kappa shape index (κ3) is 3.81. The van der Waals surface area contributed by atoms with E-state index in [9.17, 15) is 4.79 Å². The molecular weight excluding hydrogens is 448 g/mol. The molecule has 2 N–H and O–H groups in total. The van der Waals surface area contributed by atoms with Crippen molar-refractivity contribution in [2.24, 2.45) is 11.3 Å². The molecule has 1 aromatic carbocycles. The van der Waals surface area contributed by atoms with Crippen molar-refractivity contribution in [3.05, 3.63) is 44.2 Å². The molecule has 156 valence electrons. The standard InChI is InChI=1S/C23H29BrN2O2S/c1-5-23(3,4)13-7-9-15-18(11-13)29-22-19(15)21(27)25-20(26-22)16-12-14(24)8-10-17(16)28-6-2/h8,10,12-13,20,26H,5-7,9,11H2,1-4H3,(H,25,27). The van der Waals surface area contributed by atoms with Crippen molar-refractivity contribution in [3.8, 4) is 5.75 Å². The largest absolute Gasteiger partial charge is 0.493 e. The average molecular weight is 477 g/mol. The van der Waals surface area contributed by atoms with Crippen molar-refractivity contribution in [2.75, 3.05) is 11.9 Å². The van der Waals surface area contributed by atoms with Gasteiger partial charge in [-0.3, -0.25) is 4.79 Å². The molecule has 0 fully saturated rings. The van der Waals surface area contributed by atoms with Crippen LogP contribution in [0.2, 0.25) is 0 Å². The van der Waals surface area contributed by atoms with Gasteiger partial charge in [-0.1, -0.05) is 43.1 Å². The van der Waals surface area contributed by atoms with Gasteiger partial charge in [-0.25, -0.2) is 0 Å². The molecule has 0 spiro atoms. The number of halogens is 1. The topological polar surface area (TPSA) is 50.4 Å². The normalized spacial score (nSPS) is 21.1. The van der Waals surface area contributed by atoms with Crippen molar-refractivity contribution in [1.29, 1.82) is 0 Å². The van der Waals surface area contributed by atoms with E-state index >= 15 is 0 Å². The van der Waals surface area contributed by atoms with Gasteiger partial charge in [-0.15, -0.1) is 11.3 Å². The minimum atomic E-state index is -0.294. The van der Waals surface area contributed by atoms with Crippen LogP contribution in [0.3, 0.4) is 0 Å². The Morgan fingerprint density at radius 3 is 2.79 bits per heavy atom. The Morgan fingerprint density at radius 2 is 2.07 bits per heavy atom. The Morgan fingerprint density at radius 1 is 1.28 bits per heavy atom. The molecule has 1 aliphatic heterocycles. The first-order valence-electron chi connectivity index (χ1n) is 10.5. The summed E-state index contributed by atoms with van der Waals surface area (Å²) in [6.45, 7) is 9.59. The Labute approximate surface area is 185 Å². The highest BCUT2D eigenvalue weighted by molar-refractivity contribution is 9.10. The van der Waals surface area contributed by atoms with Gasteiger partial charge < -0.3 is 15.4 Å². The third-order valence-electron chi connectivity index (χ3n) is 6.64. The predicted molar refractivity (Wildman–Crippen MR) is 123 cm³/mol. The molecule has 0 radical (unpaired) electrons. The lowest BCUT2D eigenvalue weighted by Crippen LogP contribution is -2.38. The van der Waals surface area contributed by atoms with Gasteiger partial charge in [-0.05, 0) is 61.3 Å². The van der Waals surface area contributed by atoms with Crippen LogP contribution in [0, 0.1) is 11.3 Å². The number of carbonyl (C=O) groups is 1. The van der Waals surface area contributed by atoms with E-state index in [1.807, 2.05) is 25.1 Å². The zero-order valence-corrected chi connectivity index (χ0v) is 19.9. The number of anilines is 1. The predicted octanol–water partition coefficient (Wildman–Crippen LogP) is 6.30. The Hall–Kier alpha value is -1.53. The fourth-order valence-electron chi connectivity index (χ4n) is 4.44. The molecule has 1 amide bonds. The highest BCUT2D eigenvalue weighted by Crippen LogP contribution is 2.47. The number of thiophene rings is 1. The Kier molecular flexibility index (Phi) is 5.68. The summed E-state index contributed by atoms with van der Waals surface area (Å²) in [4.78, 5) is 14.5. The number of fused-ring (bicyclic) bond motifs is 3. The molecule has 1 aliphatic carbocycles. The van der Waals surface area contributed by atoms with Crippen LogP contribution in [0.15, 0.2) is 22.7 Å². The van der Waals surface area contributed by atoms with E-state index in [0.29, 0.717) is 17.9 Å². The molecule has 2 aromatic rings. The summed E-state index contributed by atoms with van der Waals surface area (Å²) in [6.07, 6.45) is 4.12. The molecule has 0 saturated heterocycles. The number of benzene rings is 1. The fraction of sp³-hybridized carbons (Fsp3) is 0.522. The van der Waals surface area contributed by atoms with Crippen molar-refractivity contribution < 1.29 is 9.53 Å². The molecule has 0 saturated carbocycles. The molecule has 0 bridgehead atoms. The number of ether oxygens (including phenoxy) is 1. The van der Waals surface area contributed by atoms with Crippen LogP contribution in [0.4, 0.5) is 5.00 Å². The number of nitrogens with one attached hydrogen (secondary N) is 2. The summed E-state index contributed by atoms with van der Waals surface area (Å²) in [7, 11) is 0. The van der Waals surface area contributed by atoms with Gasteiger partial charge in [0.15, 0.2) is 0 Å². The molecule has 4 rings (SSSR count). The minimum absolute atomic E-state index is 0.0249. The van der Waals surface area contributed by atoms with E-state index in [0.717, 1.165) is 45.6 Å². The number of hydrogen-bond acceptors (Lipinski definition) is 4. The van der Waals surface area contributed by atoms with Crippen molar-refractivity contribution in [3.63, 3.8) is 0 Å². The highest BCUT2D eigenvalue weighted by Gasteiger charge is 2.37. The van der Waals surface area contributed by atoms with E-state index in [4.69, 9.17) is 4.74 Å². The average Bonchev–Trinajstić information content (AvgIpc) is 3.07. The molecule has 6 heteroatoms. The Balaban J connectivity index is 1.65. The Bertz CT molecular complexity index is 937. The van der Waals surface area contributed by atoms with Crippen LogP contribution < -0.4 is 15.4 Å². The molecule has 29 heavy (non-hydrogen) atoms. The summed E-state index contributed by atoms with van der Waals surface area (Å²) in [5, 5.41) is 7.74. The second kappa shape index (κ2) is 7.95. The molecule has 2 aliphatic rings. The lowest BCUT2D eigenvalue weighted by atomic mass is 9.69. The van der Waals surface area contributed by atoms with Gasteiger partial charge in [-0.2, -0.15) is 0 Å². The van der Waals surface area contributed by atoms with Crippen molar-refractivity contribution in [1.82, 2.24) is 5.32 Å². The van der Waals surface area contributed by atoms with Gasteiger partial charge >= 0.3 is 0 Å². The zero-order valence-electron chi connectivity index (χ0n) is 17.5. The second-order valence-corrected chi connectivity index (χ2v) is 10.7. The third-order valence-corrected chi connectivity index (χ3v) is 8.32. The number of amides is 1. The van der Waals surface area contributed by atoms with E-state index in [2.05, 4.69) is 47.3 Å². The maximum Gasteiger partial charge on any atom is 0.256 e. The summed E-state index contributed by atoms with van der Waals surface area (Å²) < 4.78 is 6.77. The van der Waals surface area contributed by atoms with Gasteiger partial charge in [0.1, 0.15) is 16.9 Å². The summed E-state index contributed by atoms with van der Waals surface area (Å²) in [5.74, 6) is 1.49. The molecule has 2 atom stereocenters. The fourth-order valence-corrected chi connectivity index (χ4v) is 6.17. The van der Waals surface area contributed by atoms with Crippen LogP contribution in [-0.2, 0) is 12.8 Å². The highest BCUT2D eigenvalue weighted by atomic mass is 79.9. The minimum Gasteiger partial charge on any atom is -0.493 e. The van der Waals surface area contributed by atoms with Crippen LogP contribution in [0.25, 0.3) is 0 Å². The second-order valence-electron chi connectivity index (χ2n) is 8.66. The van der Waals surface area contributed by atoms with E-state index < -0.39 is 0 Å². The maximum absolute atomic E-state index is 13.1. The lowest BCUT2D eigenvalue weighted by Gasteiger charge is -2.36. The first kappa shape index (κ1) is 20.7. The van der Waals surface area contributed by atoms with Crippen LogP contribution in [-0.4, -0.2) is 12.5 Å². The van der Waals surface area contributed by atoms with Crippen molar-refractivity contribution in [2.45, 2.75) is 59.5 Å². The smallest absolute Gasteiger partial charge is 0.256 e. The van der Waals surface area contributed by atoms with Crippen molar-refractivity contribution >= 4 is 38.2 Å². The summed E-state index contributed by atoms with van der Waals surface area (Å²) >= 11 is 5.31. The number of carbonyl (C=O) groups excluding carboxylic acids is 1. The van der Waals surface area contributed by atoms with Gasteiger partial charge in [0.25, 0.3) is 5.91 Å². The van der Waals surface area contributed by atoms with E-state index in [-0.39, 0.29) is 12.1 Å². The van der Waals surface area contributed by atoms with Crippen LogP contribution in [0.5, 0.6) is 5.75 Å². The molecular formula is C23H29BrN2O2S. The van der Waals surface area contributed by atoms with Gasteiger partial charge in [0.05, 0.1) is 12.2 Å². The van der Waals surface area contributed by atoms with E-state index in [1.165, 1.54) is 16.9 Å². The SMILES string of the molecule is CCOc1ccc(Br)cc1C1NC(=O)c2c(sc3c2CCC(C(C)(C)CC)C3)N1. The summed E-state index contributed by atoms with van der Waals surface area (Å²) in [6, 6.07) is 5.93. The molecule has 2 unspecified atom stereocenters. The zero-order chi connectivity index (χ0) is 20.8. The lowest BCUT2D eigenvalue weighted by molar-refractivity contribution is 0.0934. The van der Waals surface area contributed by atoms with Crippen LogP contribution in [0.1, 0.15) is 73.1 Å². The van der Waals surface area contributed by atoms with E-state index in [1.54, 1.807) is 11.3 Å². The number of rotatable bonds is 5. The molecule has 2 heterocycles. The van der Waals surface area contributed by atoms with Crippen LogP contribution >= 0.6 is 27.3 Å². The first-order valence-corrected chi connectivity index (χ1v) is 12.1. The van der Waals surface area contributed by atoms with Gasteiger partial charge in [0.2, 0.25) is 0 Å². The monoisotopic (exact) mass is 476 g/mol. The quantitative estimate of drug-likeness (QED) is 0.531. The molecule has 4 nitrogen and oxygen atoms in total. The van der Waals surface area contributed by atoms with Gasteiger partial charge in [0, 0.05) is 14.9 Å². The number of hydrogen-bond donors (Lipinski definition) is 2.